The molecule has 0 aliphatic carbocycles. The van der Waals surface area contributed by atoms with Crippen molar-refractivity contribution in [1.29, 1.82) is 5.26 Å². The quantitative estimate of drug-likeness (QED) is 0.771. The molecule has 3 N–H and O–H groups in total. The van der Waals surface area contributed by atoms with Gasteiger partial charge in [-0.3, -0.25) is 5.10 Å². The molecule has 0 unspecified atom stereocenters. The number of benzene rings is 1. The molecule has 2 aromatic heterocycles. The maximum Gasteiger partial charge on any atom is 0.163 e. The summed E-state index contributed by atoms with van der Waals surface area (Å²) in [7, 11) is 2.22. The van der Waals surface area contributed by atoms with E-state index < -0.39 is 0 Å². The van der Waals surface area contributed by atoms with Gasteiger partial charge in [0.2, 0.25) is 0 Å². The van der Waals surface area contributed by atoms with E-state index in [4.69, 9.17) is 5.73 Å². The monoisotopic (exact) mass is 334 g/mol. The highest BCUT2D eigenvalue weighted by Gasteiger charge is 2.20. The first kappa shape index (κ1) is 15.7. The predicted molar refractivity (Wildman–Crippen MR) is 98.9 cm³/mol. The number of nitrogens with one attached hydrogen (secondary N) is 1. The molecule has 1 atom stereocenters. The van der Waals surface area contributed by atoms with E-state index >= 15 is 0 Å². The standard InChI is InChI=1S/C19H22N6/c1-24-8-3-2-4-15(24)12-25-9-7-13-5-6-14(10-17(13)25)18-16(11-20)19(21)23-22-18/h5-7,9-10,15H,2-4,8,12H2,1H3,(H3,21,22,23)/t15-/m1/s1. The maximum absolute atomic E-state index is 9.32. The molecule has 25 heavy (non-hydrogen) atoms. The van der Waals surface area contributed by atoms with Gasteiger partial charge in [0.15, 0.2) is 5.82 Å². The topological polar surface area (TPSA) is 86.7 Å². The van der Waals surface area contributed by atoms with Crippen LogP contribution < -0.4 is 5.73 Å². The van der Waals surface area contributed by atoms with Gasteiger partial charge in [-0.2, -0.15) is 10.4 Å². The van der Waals surface area contributed by atoms with Crippen LogP contribution in [0.4, 0.5) is 5.82 Å². The van der Waals surface area contributed by atoms with E-state index in [9.17, 15) is 5.26 Å². The number of hydrogen-bond acceptors (Lipinski definition) is 4. The fourth-order valence-electron chi connectivity index (χ4n) is 3.78. The fourth-order valence-corrected chi connectivity index (χ4v) is 3.78. The normalized spacial score (nSPS) is 18.5. The summed E-state index contributed by atoms with van der Waals surface area (Å²) in [6.07, 6.45) is 6.00. The summed E-state index contributed by atoms with van der Waals surface area (Å²) in [5, 5.41) is 17.4. The van der Waals surface area contributed by atoms with Crippen LogP contribution in [0.1, 0.15) is 24.8 Å². The van der Waals surface area contributed by atoms with Crippen molar-refractivity contribution in [2.24, 2.45) is 0 Å². The third-order valence-electron chi connectivity index (χ3n) is 5.30. The second-order valence-corrected chi connectivity index (χ2v) is 6.84. The number of nitrogens with zero attached hydrogens (tertiary/aromatic N) is 4. The van der Waals surface area contributed by atoms with E-state index in [-0.39, 0.29) is 5.82 Å². The number of likely N-dealkylation sites (N-methyl/N-ethyl adjacent to an activating group) is 1. The molecule has 0 saturated carbocycles. The van der Waals surface area contributed by atoms with Crippen molar-refractivity contribution in [3.8, 4) is 17.3 Å². The summed E-state index contributed by atoms with van der Waals surface area (Å²) < 4.78 is 2.32. The molecule has 1 aromatic carbocycles. The van der Waals surface area contributed by atoms with Gasteiger partial charge in [0, 0.05) is 29.9 Å². The third kappa shape index (κ3) is 2.77. The zero-order valence-electron chi connectivity index (χ0n) is 14.4. The molecular weight excluding hydrogens is 312 g/mol. The summed E-state index contributed by atoms with van der Waals surface area (Å²) in [5.74, 6) is 0.247. The van der Waals surface area contributed by atoms with E-state index in [1.54, 1.807) is 0 Å². The van der Waals surface area contributed by atoms with E-state index in [2.05, 4.69) is 57.2 Å². The zero-order valence-corrected chi connectivity index (χ0v) is 14.4. The number of hydrogen-bond donors (Lipinski definition) is 2. The van der Waals surface area contributed by atoms with Crippen molar-refractivity contribution in [1.82, 2.24) is 19.7 Å². The molecule has 6 heteroatoms. The van der Waals surface area contributed by atoms with Crippen LogP contribution in [0.3, 0.4) is 0 Å². The van der Waals surface area contributed by atoms with E-state index in [1.807, 2.05) is 6.07 Å². The number of nitrogen functional groups attached to an aromatic ring is 1. The number of aromatic amines is 1. The molecule has 0 radical (unpaired) electrons. The van der Waals surface area contributed by atoms with Crippen molar-refractivity contribution in [3.63, 3.8) is 0 Å². The number of likely N-dealkylation sites (tertiary alicyclic amines) is 1. The number of anilines is 1. The molecule has 3 aromatic rings. The molecule has 1 fully saturated rings. The highest BCUT2D eigenvalue weighted by Crippen LogP contribution is 2.29. The Morgan fingerprint density at radius 3 is 3.04 bits per heavy atom. The first-order chi connectivity index (χ1) is 12.2. The van der Waals surface area contributed by atoms with Crippen LogP contribution in [0.25, 0.3) is 22.2 Å². The molecule has 0 bridgehead atoms. The second kappa shape index (κ2) is 6.26. The first-order valence-electron chi connectivity index (χ1n) is 8.71. The van der Waals surface area contributed by atoms with Crippen LogP contribution in [-0.2, 0) is 6.54 Å². The second-order valence-electron chi connectivity index (χ2n) is 6.84. The van der Waals surface area contributed by atoms with Gasteiger partial charge in [-0.05, 0) is 44.0 Å². The number of nitriles is 1. The van der Waals surface area contributed by atoms with Gasteiger partial charge in [0.1, 0.15) is 11.6 Å². The van der Waals surface area contributed by atoms with Gasteiger partial charge in [-0.15, -0.1) is 0 Å². The molecule has 4 rings (SSSR count). The minimum atomic E-state index is 0.247. The zero-order chi connectivity index (χ0) is 17.4. The highest BCUT2D eigenvalue weighted by atomic mass is 15.2. The Balaban J connectivity index is 1.71. The predicted octanol–water partition coefficient (Wildman–Crippen LogP) is 2.97. The Bertz CT molecular complexity index is 945. The summed E-state index contributed by atoms with van der Waals surface area (Å²) in [6, 6.07) is 11.1. The van der Waals surface area contributed by atoms with Crippen molar-refractivity contribution in [2.45, 2.75) is 31.8 Å². The Labute approximate surface area is 146 Å². The van der Waals surface area contributed by atoms with Gasteiger partial charge in [-0.25, -0.2) is 0 Å². The Hall–Kier alpha value is -2.78. The van der Waals surface area contributed by atoms with E-state index in [0.717, 1.165) is 12.1 Å². The average Bonchev–Trinajstić information content (AvgIpc) is 3.19. The number of rotatable bonds is 3. The lowest BCUT2D eigenvalue weighted by Gasteiger charge is -2.32. The summed E-state index contributed by atoms with van der Waals surface area (Å²) in [4.78, 5) is 2.46. The van der Waals surface area contributed by atoms with E-state index in [0.29, 0.717) is 17.3 Å². The van der Waals surface area contributed by atoms with Crippen LogP contribution in [0, 0.1) is 11.3 Å². The molecule has 1 saturated heterocycles. The van der Waals surface area contributed by atoms with Crippen LogP contribution in [-0.4, -0.2) is 39.3 Å². The molecular formula is C19H22N6. The van der Waals surface area contributed by atoms with Gasteiger partial charge in [0.05, 0.1) is 5.69 Å². The van der Waals surface area contributed by atoms with E-state index in [1.165, 1.54) is 36.7 Å². The van der Waals surface area contributed by atoms with Gasteiger partial charge < -0.3 is 15.2 Å². The first-order valence-corrected chi connectivity index (χ1v) is 8.71. The third-order valence-corrected chi connectivity index (χ3v) is 5.30. The largest absolute Gasteiger partial charge is 0.381 e. The van der Waals surface area contributed by atoms with Crippen molar-refractivity contribution in [2.75, 3.05) is 19.3 Å². The Morgan fingerprint density at radius 2 is 2.24 bits per heavy atom. The summed E-state index contributed by atoms with van der Waals surface area (Å²) in [5.41, 5.74) is 8.98. The van der Waals surface area contributed by atoms with Crippen molar-refractivity contribution < 1.29 is 0 Å². The molecule has 1 aliphatic heterocycles. The molecule has 3 heterocycles. The minimum Gasteiger partial charge on any atom is -0.381 e. The average molecular weight is 334 g/mol. The lowest BCUT2D eigenvalue weighted by molar-refractivity contribution is 0.169. The number of fused-ring (bicyclic) bond motifs is 1. The highest BCUT2D eigenvalue weighted by molar-refractivity contribution is 5.86. The van der Waals surface area contributed by atoms with Crippen molar-refractivity contribution >= 4 is 16.7 Å². The van der Waals surface area contributed by atoms with Crippen LogP contribution in [0.5, 0.6) is 0 Å². The van der Waals surface area contributed by atoms with Gasteiger partial charge in [-0.1, -0.05) is 18.6 Å². The Kier molecular flexibility index (Phi) is 3.94. The number of aromatic nitrogens is 3. The van der Waals surface area contributed by atoms with Crippen LogP contribution >= 0.6 is 0 Å². The number of piperidine rings is 1. The minimum absolute atomic E-state index is 0.247. The van der Waals surface area contributed by atoms with Gasteiger partial charge >= 0.3 is 0 Å². The molecule has 128 valence electrons. The number of nitrogens with two attached hydrogens (primary N) is 1. The lowest BCUT2D eigenvalue weighted by atomic mass is 10.0. The van der Waals surface area contributed by atoms with Gasteiger partial charge in [0.25, 0.3) is 0 Å². The summed E-state index contributed by atoms with van der Waals surface area (Å²) in [6.45, 7) is 2.16. The van der Waals surface area contributed by atoms with Crippen LogP contribution in [0.2, 0.25) is 0 Å². The summed E-state index contributed by atoms with van der Waals surface area (Å²) >= 11 is 0. The maximum atomic E-state index is 9.32. The molecule has 0 spiro atoms. The Morgan fingerprint density at radius 1 is 1.36 bits per heavy atom. The van der Waals surface area contributed by atoms with Crippen molar-refractivity contribution in [3.05, 3.63) is 36.0 Å². The SMILES string of the molecule is CN1CCCC[C@@H]1Cn1ccc2ccc(-c3[nH]nc(N)c3C#N)cc21. The molecule has 1 aliphatic rings. The number of H-pyrrole nitrogens is 1. The van der Waals surface area contributed by atoms with Crippen LogP contribution in [0.15, 0.2) is 30.5 Å². The lowest BCUT2D eigenvalue weighted by Crippen LogP contribution is -2.38. The fraction of sp³-hybridized carbons (Fsp3) is 0.368. The molecule has 6 nitrogen and oxygen atoms in total. The molecule has 0 amide bonds. The smallest absolute Gasteiger partial charge is 0.163 e.